The van der Waals surface area contributed by atoms with E-state index < -0.39 is 0 Å². The lowest BCUT2D eigenvalue weighted by Crippen LogP contribution is -1.95. The zero-order valence-electron chi connectivity index (χ0n) is 7.26. The van der Waals surface area contributed by atoms with Gasteiger partial charge in [-0.3, -0.25) is 4.99 Å². The van der Waals surface area contributed by atoms with Crippen molar-refractivity contribution in [1.82, 2.24) is 0 Å². The normalized spacial score (nSPS) is 13.5. The first-order valence-corrected chi connectivity index (χ1v) is 3.66. The van der Waals surface area contributed by atoms with Crippen molar-refractivity contribution in [3.05, 3.63) is 0 Å². The average Bonchev–Trinajstić information content (AvgIpc) is 1.85. The van der Waals surface area contributed by atoms with Crippen LogP contribution in [0.3, 0.4) is 0 Å². The van der Waals surface area contributed by atoms with E-state index in [1.54, 1.807) is 6.21 Å². The number of nitrogens with zero attached hydrogens (tertiary/aromatic N) is 2. The molecule has 0 spiro atoms. The van der Waals surface area contributed by atoms with Gasteiger partial charge in [0.05, 0.1) is 0 Å². The standard InChI is InChI=1S/C8H16N2/c1-5-9-8(4)10-6-7(2)3/h5,7H,6H2,1-4H3. The van der Waals surface area contributed by atoms with Crippen LogP contribution in [-0.4, -0.2) is 18.6 Å². The highest BCUT2D eigenvalue weighted by molar-refractivity contribution is 5.86. The van der Waals surface area contributed by atoms with Crippen molar-refractivity contribution < 1.29 is 0 Å². The van der Waals surface area contributed by atoms with Crippen molar-refractivity contribution in [3.8, 4) is 0 Å². The van der Waals surface area contributed by atoms with Gasteiger partial charge in [-0.05, 0) is 19.8 Å². The molecule has 0 aliphatic carbocycles. The fraction of sp³-hybridized carbons (Fsp3) is 0.750. The monoisotopic (exact) mass is 140 g/mol. The van der Waals surface area contributed by atoms with Crippen molar-refractivity contribution >= 4 is 12.1 Å². The molecule has 0 saturated heterocycles. The minimum Gasteiger partial charge on any atom is -0.271 e. The van der Waals surface area contributed by atoms with Gasteiger partial charge in [-0.2, -0.15) is 0 Å². The van der Waals surface area contributed by atoms with Gasteiger partial charge in [0.15, 0.2) is 0 Å². The Kier molecular flexibility index (Phi) is 4.81. The Bertz CT molecular complexity index is 134. The molecular formula is C8H16N2. The molecule has 0 aromatic heterocycles. The second kappa shape index (κ2) is 5.15. The second-order valence-electron chi connectivity index (χ2n) is 2.67. The predicted octanol–water partition coefficient (Wildman–Crippen LogP) is 2.15. The van der Waals surface area contributed by atoms with Crippen LogP contribution < -0.4 is 0 Å². The topological polar surface area (TPSA) is 24.7 Å². The van der Waals surface area contributed by atoms with Crippen LogP contribution in [0, 0.1) is 5.92 Å². The fourth-order valence-electron chi connectivity index (χ4n) is 0.542. The summed E-state index contributed by atoms with van der Waals surface area (Å²) in [6, 6.07) is 0. The molecule has 0 unspecified atom stereocenters. The minimum absolute atomic E-state index is 0.627. The molecule has 0 aliphatic heterocycles. The lowest BCUT2D eigenvalue weighted by atomic mass is 10.2. The molecule has 2 nitrogen and oxygen atoms in total. The molecule has 0 rings (SSSR count). The fourth-order valence-corrected chi connectivity index (χ4v) is 0.542. The largest absolute Gasteiger partial charge is 0.271 e. The third-order valence-corrected chi connectivity index (χ3v) is 1.00. The Hall–Kier alpha value is -0.660. The quantitative estimate of drug-likeness (QED) is 0.415. The molecule has 0 aromatic carbocycles. The summed E-state index contributed by atoms with van der Waals surface area (Å²) in [4.78, 5) is 8.25. The number of hydrogen-bond donors (Lipinski definition) is 0. The summed E-state index contributed by atoms with van der Waals surface area (Å²) in [6.45, 7) is 8.98. The van der Waals surface area contributed by atoms with E-state index in [1.807, 2.05) is 13.8 Å². The van der Waals surface area contributed by atoms with Crippen LogP contribution >= 0.6 is 0 Å². The Labute approximate surface area is 63.1 Å². The molecule has 0 aromatic rings. The van der Waals surface area contributed by atoms with Crippen LogP contribution in [0.15, 0.2) is 9.98 Å². The van der Waals surface area contributed by atoms with Crippen molar-refractivity contribution in [2.24, 2.45) is 15.9 Å². The average molecular weight is 140 g/mol. The van der Waals surface area contributed by atoms with Crippen molar-refractivity contribution in [3.63, 3.8) is 0 Å². The van der Waals surface area contributed by atoms with Crippen LogP contribution in [0.1, 0.15) is 27.7 Å². The Morgan fingerprint density at radius 1 is 1.50 bits per heavy atom. The molecule has 10 heavy (non-hydrogen) atoms. The van der Waals surface area contributed by atoms with E-state index in [1.165, 1.54) is 0 Å². The maximum Gasteiger partial charge on any atom is 0.119 e. The Morgan fingerprint density at radius 2 is 2.10 bits per heavy atom. The summed E-state index contributed by atoms with van der Waals surface area (Å²) in [5, 5.41) is 0. The first-order chi connectivity index (χ1) is 4.66. The lowest BCUT2D eigenvalue weighted by Gasteiger charge is -1.97. The summed E-state index contributed by atoms with van der Waals surface area (Å²) in [6.07, 6.45) is 1.76. The first-order valence-electron chi connectivity index (χ1n) is 3.66. The molecular weight excluding hydrogens is 124 g/mol. The SMILES string of the molecule is CC=NC(C)=NCC(C)C. The molecule has 0 bridgehead atoms. The number of hydrogen-bond acceptors (Lipinski definition) is 1. The summed E-state index contributed by atoms with van der Waals surface area (Å²) >= 11 is 0. The van der Waals surface area contributed by atoms with Crippen LogP contribution in [0.2, 0.25) is 0 Å². The molecule has 0 fully saturated rings. The van der Waals surface area contributed by atoms with E-state index in [-0.39, 0.29) is 0 Å². The van der Waals surface area contributed by atoms with E-state index in [0.717, 1.165) is 12.4 Å². The zero-order valence-corrected chi connectivity index (χ0v) is 7.26. The number of rotatable bonds is 2. The smallest absolute Gasteiger partial charge is 0.119 e. The lowest BCUT2D eigenvalue weighted by molar-refractivity contribution is 0.665. The van der Waals surface area contributed by atoms with E-state index in [4.69, 9.17) is 0 Å². The van der Waals surface area contributed by atoms with Gasteiger partial charge in [-0.1, -0.05) is 13.8 Å². The zero-order chi connectivity index (χ0) is 7.98. The van der Waals surface area contributed by atoms with Crippen molar-refractivity contribution in [1.29, 1.82) is 0 Å². The van der Waals surface area contributed by atoms with Gasteiger partial charge in [0.1, 0.15) is 5.84 Å². The van der Waals surface area contributed by atoms with Gasteiger partial charge in [0.25, 0.3) is 0 Å². The Morgan fingerprint density at radius 3 is 2.50 bits per heavy atom. The summed E-state index contributed by atoms with van der Waals surface area (Å²) in [7, 11) is 0. The summed E-state index contributed by atoms with van der Waals surface area (Å²) < 4.78 is 0. The summed E-state index contributed by atoms with van der Waals surface area (Å²) in [5.74, 6) is 1.50. The third kappa shape index (κ3) is 5.48. The van der Waals surface area contributed by atoms with E-state index in [0.29, 0.717) is 5.92 Å². The molecule has 0 N–H and O–H groups in total. The summed E-state index contributed by atoms with van der Waals surface area (Å²) in [5.41, 5.74) is 0. The number of amidine groups is 1. The molecule has 0 atom stereocenters. The van der Waals surface area contributed by atoms with Gasteiger partial charge in [0, 0.05) is 12.8 Å². The maximum atomic E-state index is 4.23. The molecule has 0 amide bonds. The molecule has 58 valence electrons. The van der Waals surface area contributed by atoms with Crippen LogP contribution in [-0.2, 0) is 0 Å². The van der Waals surface area contributed by atoms with Gasteiger partial charge < -0.3 is 0 Å². The Balaban J connectivity index is 3.68. The first kappa shape index (κ1) is 9.34. The highest BCUT2D eigenvalue weighted by Crippen LogP contribution is 1.92. The van der Waals surface area contributed by atoms with Crippen LogP contribution in [0.25, 0.3) is 0 Å². The van der Waals surface area contributed by atoms with Gasteiger partial charge in [-0.15, -0.1) is 0 Å². The van der Waals surface area contributed by atoms with E-state index >= 15 is 0 Å². The molecule has 0 radical (unpaired) electrons. The van der Waals surface area contributed by atoms with E-state index in [2.05, 4.69) is 23.8 Å². The van der Waals surface area contributed by atoms with Crippen LogP contribution in [0.4, 0.5) is 0 Å². The molecule has 0 aliphatic rings. The van der Waals surface area contributed by atoms with E-state index in [9.17, 15) is 0 Å². The second-order valence-corrected chi connectivity index (χ2v) is 2.67. The minimum atomic E-state index is 0.627. The van der Waals surface area contributed by atoms with Crippen molar-refractivity contribution in [2.75, 3.05) is 6.54 Å². The third-order valence-electron chi connectivity index (χ3n) is 1.00. The highest BCUT2D eigenvalue weighted by atomic mass is 14.9. The molecule has 2 heteroatoms. The highest BCUT2D eigenvalue weighted by Gasteiger charge is 1.89. The van der Waals surface area contributed by atoms with Gasteiger partial charge in [-0.25, -0.2) is 4.99 Å². The maximum absolute atomic E-state index is 4.23. The van der Waals surface area contributed by atoms with Crippen molar-refractivity contribution in [2.45, 2.75) is 27.7 Å². The van der Waals surface area contributed by atoms with Gasteiger partial charge >= 0.3 is 0 Å². The van der Waals surface area contributed by atoms with Gasteiger partial charge in [0.2, 0.25) is 0 Å². The molecule has 0 saturated carbocycles. The predicted molar refractivity (Wildman–Crippen MR) is 47.0 cm³/mol. The molecule has 0 heterocycles. The number of aliphatic imine (C=N–C) groups is 2. The van der Waals surface area contributed by atoms with Crippen LogP contribution in [0.5, 0.6) is 0 Å².